The highest BCUT2D eigenvalue weighted by Crippen LogP contribution is 2.32. The monoisotopic (exact) mass is 501 g/mol. The molecule has 0 aliphatic rings. The lowest BCUT2D eigenvalue weighted by atomic mass is 10.1. The van der Waals surface area contributed by atoms with Gasteiger partial charge in [0.25, 0.3) is 5.91 Å². The fourth-order valence-corrected chi connectivity index (χ4v) is 5.21. The zero-order valence-electron chi connectivity index (χ0n) is 20.1. The zero-order chi connectivity index (χ0) is 24.9. The number of hydrogen-bond acceptors (Lipinski definition) is 5. The Morgan fingerprint density at radius 2 is 1.60 bits per heavy atom. The Morgan fingerprint density at radius 3 is 2.29 bits per heavy atom. The van der Waals surface area contributed by atoms with Crippen LogP contribution in [0.5, 0.6) is 0 Å². The smallest absolute Gasteiger partial charge is 0.255 e. The number of nitrogens with one attached hydrogen (secondary N) is 2. The Morgan fingerprint density at radius 1 is 0.886 bits per heavy atom. The van der Waals surface area contributed by atoms with Gasteiger partial charge in [-0.1, -0.05) is 47.5 Å². The van der Waals surface area contributed by atoms with Crippen LogP contribution in [0.1, 0.15) is 33.3 Å². The first-order valence-corrected chi connectivity index (χ1v) is 13.0. The molecular weight excluding hydrogens is 474 g/mol. The summed E-state index contributed by atoms with van der Waals surface area (Å²) in [5, 5.41) is 6.16. The Balaban J connectivity index is 1.34. The summed E-state index contributed by atoms with van der Waals surface area (Å²) in [6.45, 7) is 7.89. The van der Waals surface area contributed by atoms with Crippen molar-refractivity contribution in [3.63, 3.8) is 0 Å². The first-order chi connectivity index (χ1) is 16.8. The van der Waals surface area contributed by atoms with Crippen LogP contribution in [0.4, 0.5) is 10.8 Å². The molecule has 1 atom stereocenters. The number of carbonyl (C=O) groups excluding carboxylic acids is 2. The summed E-state index contributed by atoms with van der Waals surface area (Å²) in [4.78, 5) is 31.9. The molecule has 35 heavy (non-hydrogen) atoms. The van der Waals surface area contributed by atoms with Crippen molar-refractivity contribution in [2.45, 2.75) is 37.8 Å². The van der Waals surface area contributed by atoms with Gasteiger partial charge in [0, 0.05) is 26.6 Å². The highest BCUT2D eigenvalue weighted by atomic mass is 32.2. The molecule has 0 aliphatic carbocycles. The minimum absolute atomic E-state index is 0.101. The molecule has 178 valence electrons. The molecular formula is C28H27N3O2S2. The maximum absolute atomic E-state index is 12.8. The Bertz CT molecular complexity index is 1350. The number of thiazole rings is 1. The minimum atomic E-state index is -0.310. The van der Waals surface area contributed by atoms with Crippen LogP contribution >= 0.6 is 23.1 Å². The first-order valence-electron chi connectivity index (χ1n) is 11.3. The Kier molecular flexibility index (Phi) is 7.68. The Hall–Kier alpha value is -3.42. The number of amides is 2. The van der Waals surface area contributed by atoms with Crippen LogP contribution in [-0.2, 0) is 4.79 Å². The lowest BCUT2D eigenvalue weighted by Gasteiger charge is -2.11. The molecule has 2 amide bonds. The number of thioether (sulfide) groups is 1. The SMILES string of the molecule is Cc1ccc(-c2nc(NC(=O)C(C)Sc3ccc(NC(=O)c4cccc(C)c4)cc3)sc2C)cc1. The summed E-state index contributed by atoms with van der Waals surface area (Å²) in [5.74, 6) is -0.248. The molecule has 4 rings (SSSR count). The van der Waals surface area contributed by atoms with Gasteiger partial charge in [0.05, 0.1) is 10.9 Å². The van der Waals surface area contributed by atoms with Crippen molar-refractivity contribution < 1.29 is 9.59 Å². The highest BCUT2D eigenvalue weighted by molar-refractivity contribution is 8.00. The Labute approximate surface area is 214 Å². The quantitative estimate of drug-likeness (QED) is 0.265. The fourth-order valence-electron chi connectivity index (χ4n) is 3.50. The predicted molar refractivity (Wildman–Crippen MR) is 147 cm³/mol. The van der Waals surface area contributed by atoms with Crippen molar-refractivity contribution in [3.05, 3.63) is 94.4 Å². The van der Waals surface area contributed by atoms with Crippen LogP contribution in [0.2, 0.25) is 0 Å². The van der Waals surface area contributed by atoms with Gasteiger partial charge < -0.3 is 10.6 Å². The third kappa shape index (κ3) is 6.38. The molecule has 0 fully saturated rings. The third-order valence-corrected chi connectivity index (χ3v) is 7.42. The molecule has 3 aromatic carbocycles. The summed E-state index contributed by atoms with van der Waals surface area (Å²) in [6, 6.07) is 23.2. The second-order valence-corrected chi connectivity index (χ2v) is 11.0. The van der Waals surface area contributed by atoms with E-state index in [1.807, 2.05) is 63.2 Å². The van der Waals surface area contributed by atoms with Crippen molar-refractivity contribution in [1.29, 1.82) is 0 Å². The topological polar surface area (TPSA) is 71.1 Å². The van der Waals surface area contributed by atoms with Crippen molar-refractivity contribution in [1.82, 2.24) is 4.98 Å². The van der Waals surface area contributed by atoms with E-state index in [9.17, 15) is 9.59 Å². The number of carbonyl (C=O) groups is 2. The van der Waals surface area contributed by atoms with Gasteiger partial charge in [-0.25, -0.2) is 4.98 Å². The van der Waals surface area contributed by atoms with E-state index >= 15 is 0 Å². The molecule has 7 heteroatoms. The van der Waals surface area contributed by atoms with Gasteiger partial charge in [0.15, 0.2) is 5.13 Å². The van der Waals surface area contributed by atoms with E-state index < -0.39 is 0 Å². The number of nitrogens with zero attached hydrogens (tertiary/aromatic N) is 1. The predicted octanol–water partition coefficient (Wildman–Crippen LogP) is 7.11. The normalized spacial score (nSPS) is 11.7. The number of anilines is 2. The molecule has 0 bridgehead atoms. The van der Waals surface area contributed by atoms with E-state index in [1.54, 1.807) is 6.07 Å². The molecule has 1 unspecified atom stereocenters. The minimum Gasteiger partial charge on any atom is -0.322 e. The summed E-state index contributed by atoms with van der Waals surface area (Å²) >= 11 is 2.94. The molecule has 0 spiro atoms. The van der Waals surface area contributed by atoms with Crippen molar-refractivity contribution in [3.8, 4) is 11.3 Å². The zero-order valence-corrected chi connectivity index (χ0v) is 21.7. The average Bonchev–Trinajstić information content (AvgIpc) is 3.20. The van der Waals surface area contributed by atoms with Crippen LogP contribution in [0.25, 0.3) is 11.3 Å². The summed E-state index contributed by atoms with van der Waals surface area (Å²) in [5.41, 5.74) is 5.51. The van der Waals surface area contributed by atoms with Gasteiger partial charge in [-0.2, -0.15) is 0 Å². The number of benzene rings is 3. The van der Waals surface area contributed by atoms with Crippen LogP contribution < -0.4 is 10.6 Å². The molecule has 0 saturated carbocycles. The molecule has 5 nitrogen and oxygen atoms in total. The maximum Gasteiger partial charge on any atom is 0.255 e. The molecule has 1 aromatic heterocycles. The van der Waals surface area contributed by atoms with Gasteiger partial charge in [0.1, 0.15) is 0 Å². The lowest BCUT2D eigenvalue weighted by molar-refractivity contribution is -0.115. The standard InChI is InChI=1S/C28H27N3O2S2/c1-17-8-10-21(11-9-17)25-19(3)35-28(30-25)31-26(32)20(4)34-24-14-12-23(13-15-24)29-27(33)22-7-5-6-18(2)16-22/h5-16,20H,1-4H3,(H,29,33)(H,30,31,32). The lowest BCUT2D eigenvalue weighted by Crippen LogP contribution is -2.22. The van der Waals surface area contributed by atoms with Gasteiger partial charge in [-0.05, 0) is 64.1 Å². The molecule has 1 heterocycles. The second-order valence-electron chi connectivity index (χ2n) is 8.39. The molecule has 0 radical (unpaired) electrons. The maximum atomic E-state index is 12.8. The molecule has 2 N–H and O–H groups in total. The number of aromatic nitrogens is 1. The van der Waals surface area contributed by atoms with E-state index in [1.165, 1.54) is 28.7 Å². The average molecular weight is 502 g/mol. The van der Waals surface area contributed by atoms with Crippen LogP contribution in [-0.4, -0.2) is 22.0 Å². The number of aryl methyl sites for hydroxylation is 3. The van der Waals surface area contributed by atoms with Crippen molar-refractivity contribution >= 4 is 45.7 Å². The van der Waals surface area contributed by atoms with Crippen molar-refractivity contribution in [2.75, 3.05) is 10.6 Å². The van der Waals surface area contributed by atoms with E-state index in [-0.39, 0.29) is 17.1 Å². The second kappa shape index (κ2) is 10.9. The number of hydrogen-bond donors (Lipinski definition) is 2. The molecule has 0 aliphatic heterocycles. The number of rotatable bonds is 7. The van der Waals surface area contributed by atoms with Gasteiger partial charge in [-0.3, -0.25) is 9.59 Å². The van der Waals surface area contributed by atoms with Crippen LogP contribution in [0, 0.1) is 20.8 Å². The van der Waals surface area contributed by atoms with Gasteiger partial charge in [0.2, 0.25) is 5.91 Å². The highest BCUT2D eigenvalue weighted by Gasteiger charge is 2.18. The summed E-state index contributed by atoms with van der Waals surface area (Å²) in [6.07, 6.45) is 0. The molecule has 4 aromatic rings. The van der Waals surface area contributed by atoms with Gasteiger partial charge in [-0.15, -0.1) is 23.1 Å². The van der Waals surface area contributed by atoms with E-state index in [0.29, 0.717) is 16.4 Å². The van der Waals surface area contributed by atoms with Crippen molar-refractivity contribution in [2.24, 2.45) is 0 Å². The summed E-state index contributed by atoms with van der Waals surface area (Å²) in [7, 11) is 0. The van der Waals surface area contributed by atoms with Gasteiger partial charge >= 0.3 is 0 Å². The van der Waals surface area contributed by atoms with Crippen LogP contribution in [0.15, 0.2) is 77.7 Å². The summed E-state index contributed by atoms with van der Waals surface area (Å²) < 4.78 is 0. The molecule has 0 saturated heterocycles. The first kappa shape index (κ1) is 24.7. The van der Waals surface area contributed by atoms with E-state index in [2.05, 4.69) is 46.8 Å². The third-order valence-electron chi connectivity index (χ3n) is 5.43. The van der Waals surface area contributed by atoms with E-state index in [4.69, 9.17) is 0 Å². The largest absolute Gasteiger partial charge is 0.322 e. The van der Waals surface area contributed by atoms with E-state index in [0.717, 1.165) is 26.6 Å². The van der Waals surface area contributed by atoms with Crippen LogP contribution in [0.3, 0.4) is 0 Å². The fraction of sp³-hybridized carbons (Fsp3) is 0.179.